The van der Waals surface area contributed by atoms with E-state index in [0.29, 0.717) is 32.7 Å². The highest BCUT2D eigenvalue weighted by Crippen LogP contribution is 1.89. The fourth-order valence-electron chi connectivity index (χ4n) is 0.852. The van der Waals surface area contributed by atoms with Crippen LogP contribution in [0, 0.1) is 24.7 Å². The van der Waals surface area contributed by atoms with E-state index < -0.39 is 0 Å². The summed E-state index contributed by atoms with van der Waals surface area (Å²) in [4.78, 5) is 12.8. The summed E-state index contributed by atoms with van der Waals surface area (Å²) in [5.41, 5.74) is 0. The number of terminal acetylenes is 2. The first kappa shape index (κ1) is 17.9. The van der Waals surface area contributed by atoms with Gasteiger partial charge in [0.05, 0.1) is 26.1 Å². The molecule has 0 fully saturated rings. The maximum absolute atomic E-state index is 10.9. The van der Waals surface area contributed by atoms with Crippen LogP contribution < -0.4 is 5.32 Å². The Kier molecular flexibility index (Phi) is 15.3. The van der Waals surface area contributed by atoms with Gasteiger partial charge in [-0.25, -0.2) is 0 Å². The van der Waals surface area contributed by atoms with E-state index in [1.165, 1.54) is 0 Å². The van der Waals surface area contributed by atoms with Gasteiger partial charge in [-0.15, -0.1) is 12.8 Å². The second-order valence-electron chi connectivity index (χ2n) is 3.23. The van der Waals surface area contributed by atoms with Crippen molar-refractivity contribution >= 4 is 5.97 Å². The van der Waals surface area contributed by atoms with Gasteiger partial charge in [0.25, 0.3) is 0 Å². The smallest absolute Gasteiger partial charge is 0.307 e. The van der Waals surface area contributed by atoms with Crippen LogP contribution >= 0.6 is 0 Å². The molecule has 0 aliphatic rings. The SMILES string of the molecule is C#CCN(C)CCC(=O)OCC.C#CCNC. The highest BCUT2D eigenvalue weighted by Gasteiger charge is 2.02. The Morgan fingerprint density at radius 1 is 1.41 bits per heavy atom. The zero-order chi connectivity index (χ0) is 13.5. The van der Waals surface area contributed by atoms with E-state index in [-0.39, 0.29) is 5.97 Å². The molecule has 0 heterocycles. The molecule has 0 rings (SSSR count). The highest BCUT2D eigenvalue weighted by atomic mass is 16.5. The number of hydrogen-bond donors (Lipinski definition) is 1. The van der Waals surface area contributed by atoms with Crippen LogP contribution in [0.5, 0.6) is 0 Å². The van der Waals surface area contributed by atoms with Crippen LogP contribution in [0.4, 0.5) is 0 Å². The molecule has 0 aromatic heterocycles. The van der Waals surface area contributed by atoms with Gasteiger partial charge >= 0.3 is 5.97 Å². The van der Waals surface area contributed by atoms with Crippen LogP contribution in [0.3, 0.4) is 0 Å². The predicted octanol–water partition coefficient (Wildman–Crippen LogP) is 0.344. The summed E-state index contributed by atoms with van der Waals surface area (Å²) in [7, 11) is 3.69. The molecule has 96 valence electrons. The minimum absolute atomic E-state index is 0.165. The molecule has 0 aromatic rings. The van der Waals surface area contributed by atoms with E-state index in [1.807, 2.05) is 19.0 Å². The molecule has 0 amide bonds. The fourth-order valence-corrected chi connectivity index (χ4v) is 0.852. The third kappa shape index (κ3) is 17.1. The van der Waals surface area contributed by atoms with E-state index >= 15 is 0 Å². The lowest BCUT2D eigenvalue weighted by molar-refractivity contribution is -0.143. The van der Waals surface area contributed by atoms with Crippen molar-refractivity contribution in [3.05, 3.63) is 0 Å². The number of ether oxygens (including phenoxy) is 1. The van der Waals surface area contributed by atoms with Crippen molar-refractivity contribution in [1.29, 1.82) is 0 Å². The van der Waals surface area contributed by atoms with E-state index in [1.54, 1.807) is 6.92 Å². The van der Waals surface area contributed by atoms with Crippen LogP contribution in [0.1, 0.15) is 13.3 Å². The molecule has 0 aliphatic carbocycles. The molecule has 0 spiro atoms. The van der Waals surface area contributed by atoms with E-state index in [0.717, 1.165) is 0 Å². The number of esters is 1. The molecule has 0 bridgehead atoms. The second kappa shape index (κ2) is 14.5. The summed E-state index contributed by atoms with van der Waals surface area (Å²) >= 11 is 0. The number of nitrogens with zero attached hydrogens (tertiary/aromatic N) is 1. The molecule has 17 heavy (non-hydrogen) atoms. The molecule has 0 aliphatic heterocycles. The maximum Gasteiger partial charge on any atom is 0.307 e. The Morgan fingerprint density at radius 3 is 2.41 bits per heavy atom. The van der Waals surface area contributed by atoms with Crippen LogP contribution in [-0.4, -0.2) is 51.2 Å². The quantitative estimate of drug-likeness (QED) is 0.535. The Labute approximate surface area is 105 Å². The lowest BCUT2D eigenvalue weighted by Gasteiger charge is -2.11. The largest absolute Gasteiger partial charge is 0.466 e. The number of hydrogen-bond acceptors (Lipinski definition) is 4. The van der Waals surface area contributed by atoms with Crippen molar-refractivity contribution in [1.82, 2.24) is 10.2 Å². The number of carbonyl (C=O) groups is 1. The van der Waals surface area contributed by atoms with Crippen molar-refractivity contribution < 1.29 is 9.53 Å². The van der Waals surface area contributed by atoms with Crippen molar-refractivity contribution in [2.45, 2.75) is 13.3 Å². The average molecular weight is 238 g/mol. The zero-order valence-corrected chi connectivity index (χ0v) is 11.0. The summed E-state index contributed by atoms with van der Waals surface area (Å²) in [6.07, 6.45) is 10.3. The van der Waals surface area contributed by atoms with E-state index in [9.17, 15) is 4.79 Å². The molecule has 0 radical (unpaired) electrons. The van der Waals surface area contributed by atoms with Crippen molar-refractivity contribution in [3.8, 4) is 24.7 Å². The monoisotopic (exact) mass is 238 g/mol. The van der Waals surface area contributed by atoms with Crippen molar-refractivity contribution in [2.24, 2.45) is 0 Å². The summed E-state index contributed by atoms with van der Waals surface area (Å²) in [5, 5.41) is 2.78. The topological polar surface area (TPSA) is 41.6 Å². The Balaban J connectivity index is 0. The molecule has 4 nitrogen and oxygen atoms in total. The first-order valence-electron chi connectivity index (χ1n) is 5.48. The van der Waals surface area contributed by atoms with Crippen LogP contribution in [0.25, 0.3) is 0 Å². The van der Waals surface area contributed by atoms with Gasteiger partial charge in [0.1, 0.15) is 0 Å². The first-order chi connectivity index (χ1) is 8.12. The van der Waals surface area contributed by atoms with Gasteiger partial charge in [-0.05, 0) is 21.0 Å². The molecule has 0 saturated heterocycles. The third-order valence-corrected chi connectivity index (χ3v) is 1.64. The van der Waals surface area contributed by atoms with Gasteiger partial charge in [-0.2, -0.15) is 0 Å². The lowest BCUT2D eigenvalue weighted by Crippen LogP contribution is -2.22. The first-order valence-corrected chi connectivity index (χ1v) is 5.48. The highest BCUT2D eigenvalue weighted by molar-refractivity contribution is 5.69. The molecule has 0 saturated carbocycles. The van der Waals surface area contributed by atoms with Crippen molar-refractivity contribution in [2.75, 3.05) is 40.3 Å². The Hall–Kier alpha value is -1.49. The normalized spacial score (nSPS) is 8.59. The fraction of sp³-hybridized carbons (Fsp3) is 0.615. The molecule has 0 atom stereocenters. The number of nitrogens with one attached hydrogen (secondary N) is 1. The molecule has 1 N–H and O–H groups in total. The van der Waals surface area contributed by atoms with Gasteiger partial charge in [0, 0.05) is 6.54 Å². The molecule has 0 aromatic carbocycles. The van der Waals surface area contributed by atoms with Gasteiger partial charge in [-0.1, -0.05) is 11.8 Å². The number of rotatable bonds is 6. The molecule has 0 unspecified atom stereocenters. The second-order valence-corrected chi connectivity index (χ2v) is 3.23. The van der Waals surface area contributed by atoms with E-state index in [4.69, 9.17) is 17.6 Å². The number of carbonyl (C=O) groups excluding carboxylic acids is 1. The maximum atomic E-state index is 10.9. The minimum atomic E-state index is -0.165. The van der Waals surface area contributed by atoms with Gasteiger partial charge in [-0.3, -0.25) is 9.69 Å². The summed E-state index contributed by atoms with van der Waals surface area (Å²) in [6, 6.07) is 0. The summed E-state index contributed by atoms with van der Waals surface area (Å²) in [5.74, 6) is 4.74. The molecular weight excluding hydrogens is 216 g/mol. The molecule has 4 heteroatoms. The van der Waals surface area contributed by atoms with E-state index in [2.05, 4.69) is 17.2 Å². The molecular formula is C13H22N2O2. The van der Waals surface area contributed by atoms with Gasteiger partial charge < -0.3 is 10.1 Å². The Bertz CT molecular complexity index is 264. The summed E-state index contributed by atoms with van der Waals surface area (Å²) in [6.45, 7) is 4.13. The third-order valence-electron chi connectivity index (χ3n) is 1.64. The minimum Gasteiger partial charge on any atom is -0.466 e. The average Bonchev–Trinajstić information content (AvgIpc) is 2.29. The Morgan fingerprint density at radius 2 is 2.06 bits per heavy atom. The standard InChI is InChI=1S/C9H15NO2.C4H7N/c1-4-7-10(3)8-6-9(11)12-5-2;1-3-4-5-2/h1H,5-8H2,2-3H3;1,5H,4H2,2H3. The van der Waals surface area contributed by atoms with Crippen LogP contribution in [-0.2, 0) is 9.53 Å². The summed E-state index contributed by atoms with van der Waals surface area (Å²) < 4.78 is 4.75. The van der Waals surface area contributed by atoms with Crippen LogP contribution in [0.2, 0.25) is 0 Å². The zero-order valence-electron chi connectivity index (χ0n) is 11.0. The predicted molar refractivity (Wildman–Crippen MR) is 70.3 cm³/mol. The lowest BCUT2D eigenvalue weighted by atomic mass is 10.4. The van der Waals surface area contributed by atoms with Crippen molar-refractivity contribution in [3.63, 3.8) is 0 Å². The van der Waals surface area contributed by atoms with Gasteiger partial charge in [0.2, 0.25) is 0 Å². The van der Waals surface area contributed by atoms with Crippen LogP contribution in [0.15, 0.2) is 0 Å². The van der Waals surface area contributed by atoms with Gasteiger partial charge in [0.15, 0.2) is 0 Å².